The van der Waals surface area contributed by atoms with Crippen molar-refractivity contribution < 1.29 is 14.7 Å². The Morgan fingerprint density at radius 2 is 2.00 bits per heavy atom. The second kappa shape index (κ2) is 6.19. The van der Waals surface area contributed by atoms with Gasteiger partial charge >= 0.3 is 5.97 Å². The first kappa shape index (κ1) is 15.7. The molecule has 0 bridgehead atoms. The highest BCUT2D eigenvalue weighted by Crippen LogP contribution is 2.34. The summed E-state index contributed by atoms with van der Waals surface area (Å²) in [5.41, 5.74) is -0.710. The zero-order chi connectivity index (χ0) is 14.6. The van der Waals surface area contributed by atoms with Gasteiger partial charge in [0.25, 0.3) is 0 Å². The summed E-state index contributed by atoms with van der Waals surface area (Å²) in [7, 11) is 0. The summed E-state index contributed by atoms with van der Waals surface area (Å²) in [6, 6.07) is 7.10. The number of hydrogen-bond acceptors (Lipinski definition) is 2. The lowest BCUT2D eigenvalue weighted by molar-refractivity contribution is -0.159. The molecule has 1 atom stereocenters. The Bertz CT molecular complexity index is 489. The van der Waals surface area contributed by atoms with E-state index in [1.807, 2.05) is 6.07 Å². The Morgan fingerprint density at radius 1 is 1.37 bits per heavy atom. The zero-order valence-electron chi connectivity index (χ0n) is 11.3. The van der Waals surface area contributed by atoms with Crippen LogP contribution in [0, 0.1) is 0 Å². The fraction of sp³-hybridized carbons (Fsp3) is 0.429. The lowest BCUT2D eigenvalue weighted by Crippen LogP contribution is -2.53. The molecule has 1 rings (SSSR count). The van der Waals surface area contributed by atoms with Crippen LogP contribution in [0.5, 0.6) is 0 Å². The molecular weight excluding hydrogens is 310 g/mol. The van der Waals surface area contributed by atoms with Crippen LogP contribution in [0.1, 0.15) is 32.8 Å². The van der Waals surface area contributed by atoms with E-state index in [1.165, 1.54) is 11.8 Å². The molecule has 0 spiro atoms. The lowest BCUT2D eigenvalue weighted by Gasteiger charge is -2.39. The largest absolute Gasteiger partial charge is 0.479 e. The van der Waals surface area contributed by atoms with Crippen LogP contribution in [-0.4, -0.2) is 28.4 Å². The Balaban J connectivity index is 3.51. The maximum absolute atomic E-state index is 11.9. The standard InChI is InChI=1S/C14H18BrNO3/c1-4-14(13(18)19,16(5-2)10(3)17)11-7-6-8-12(15)9-11/h6-9H,4-5H2,1-3H3,(H,18,19). The van der Waals surface area contributed by atoms with Gasteiger partial charge in [0.05, 0.1) is 0 Å². The molecule has 19 heavy (non-hydrogen) atoms. The Labute approximate surface area is 121 Å². The average Bonchev–Trinajstić information content (AvgIpc) is 2.34. The number of nitrogens with zero attached hydrogens (tertiary/aromatic N) is 1. The van der Waals surface area contributed by atoms with Gasteiger partial charge in [-0.05, 0) is 31.0 Å². The molecule has 1 amide bonds. The number of aliphatic carboxylic acids is 1. The van der Waals surface area contributed by atoms with Gasteiger partial charge in [0.2, 0.25) is 5.91 Å². The number of halogens is 1. The molecule has 1 aromatic carbocycles. The first-order chi connectivity index (χ1) is 8.90. The number of likely N-dealkylation sites (N-methyl/N-ethyl adjacent to an activating group) is 1. The smallest absolute Gasteiger partial charge is 0.334 e. The van der Waals surface area contributed by atoms with Gasteiger partial charge in [0.1, 0.15) is 0 Å². The van der Waals surface area contributed by atoms with Crippen molar-refractivity contribution in [2.24, 2.45) is 0 Å². The Kier molecular flexibility index (Phi) is 5.11. The third kappa shape index (κ3) is 2.81. The minimum Gasteiger partial charge on any atom is -0.479 e. The van der Waals surface area contributed by atoms with Gasteiger partial charge in [0, 0.05) is 17.9 Å². The van der Waals surface area contributed by atoms with E-state index < -0.39 is 11.5 Å². The van der Waals surface area contributed by atoms with Crippen molar-refractivity contribution in [3.8, 4) is 0 Å². The molecule has 0 aromatic heterocycles. The first-order valence-corrected chi connectivity index (χ1v) is 6.97. The molecule has 5 heteroatoms. The molecule has 0 aliphatic rings. The molecular formula is C14H18BrNO3. The summed E-state index contributed by atoms with van der Waals surface area (Å²) in [5.74, 6) is -1.25. The van der Waals surface area contributed by atoms with Crippen LogP contribution in [0.25, 0.3) is 0 Å². The summed E-state index contributed by atoms with van der Waals surface area (Å²) in [6.45, 7) is 5.31. The predicted molar refractivity (Wildman–Crippen MR) is 76.8 cm³/mol. The number of carboxylic acid groups (broad SMARTS) is 1. The van der Waals surface area contributed by atoms with Gasteiger partial charge < -0.3 is 10.0 Å². The van der Waals surface area contributed by atoms with E-state index in [0.717, 1.165) is 4.47 Å². The third-order valence-corrected chi connectivity index (χ3v) is 3.82. The molecule has 0 fully saturated rings. The molecule has 1 aromatic rings. The maximum atomic E-state index is 11.9. The van der Waals surface area contributed by atoms with Gasteiger partial charge in [0.15, 0.2) is 5.54 Å². The quantitative estimate of drug-likeness (QED) is 0.904. The predicted octanol–water partition coefficient (Wildman–Crippen LogP) is 3.01. The van der Waals surface area contributed by atoms with Crippen molar-refractivity contribution in [3.63, 3.8) is 0 Å². The normalized spacial score (nSPS) is 13.7. The maximum Gasteiger partial charge on any atom is 0.334 e. The second-order valence-electron chi connectivity index (χ2n) is 4.29. The van der Waals surface area contributed by atoms with Crippen LogP contribution < -0.4 is 0 Å². The van der Waals surface area contributed by atoms with Crippen molar-refractivity contribution in [2.45, 2.75) is 32.7 Å². The highest BCUT2D eigenvalue weighted by atomic mass is 79.9. The summed E-state index contributed by atoms with van der Waals surface area (Å²) < 4.78 is 0.795. The van der Waals surface area contributed by atoms with E-state index in [1.54, 1.807) is 32.0 Å². The van der Waals surface area contributed by atoms with Crippen molar-refractivity contribution in [1.82, 2.24) is 4.90 Å². The Morgan fingerprint density at radius 3 is 2.37 bits per heavy atom. The second-order valence-corrected chi connectivity index (χ2v) is 5.21. The van der Waals surface area contributed by atoms with Crippen molar-refractivity contribution in [2.75, 3.05) is 6.54 Å². The minimum absolute atomic E-state index is 0.244. The SMILES string of the molecule is CCN(C(C)=O)C(CC)(C(=O)O)c1cccc(Br)c1. The van der Waals surface area contributed by atoms with E-state index in [2.05, 4.69) is 15.9 Å². The van der Waals surface area contributed by atoms with Crippen LogP contribution in [0.15, 0.2) is 28.7 Å². The highest BCUT2D eigenvalue weighted by molar-refractivity contribution is 9.10. The molecule has 1 unspecified atom stereocenters. The molecule has 0 heterocycles. The summed E-state index contributed by atoms with van der Waals surface area (Å²) in [5, 5.41) is 9.71. The number of hydrogen-bond donors (Lipinski definition) is 1. The number of amides is 1. The first-order valence-electron chi connectivity index (χ1n) is 6.17. The fourth-order valence-corrected chi connectivity index (χ4v) is 2.85. The monoisotopic (exact) mass is 327 g/mol. The van der Waals surface area contributed by atoms with Crippen molar-refractivity contribution in [3.05, 3.63) is 34.3 Å². The summed E-state index contributed by atoms with van der Waals surface area (Å²) >= 11 is 3.34. The van der Waals surface area contributed by atoms with Crippen LogP contribution in [0.3, 0.4) is 0 Å². The zero-order valence-corrected chi connectivity index (χ0v) is 12.9. The van der Waals surface area contributed by atoms with Gasteiger partial charge in [-0.25, -0.2) is 4.79 Å². The lowest BCUT2D eigenvalue weighted by atomic mass is 9.85. The number of carbonyl (C=O) groups excluding carboxylic acids is 1. The number of benzene rings is 1. The van der Waals surface area contributed by atoms with Gasteiger partial charge in [-0.1, -0.05) is 35.0 Å². The highest BCUT2D eigenvalue weighted by Gasteiger charge is 2.45. The van der Waals surface area contributed by atoms with Crippen LogP contribution >= 0.6 is 15.9 Å². The topological polar surface area (TPSA) is 57.6 Å². The molecule has 0 aliphatic carbocycles. The molecule has 104 valence electrons. The molecule has 0 radical (unpaired) electrons. The molecule has 1 N–H and O–H groups in total. The van der Waals surface area contributed by atoms with E-state index in [9.17, 15) is 14.7 Å². The molecule has 0 saturated heterocycles. The van der Waals surface area contributed by atoms with E-state index in [-0.39, 0.29) is 5.91 Å². The minimum atomic E-state index is -1.32. The van der Waals surface area contributed by atoms with E-state index >= 15 is 0 Å². The number of carbonyl (C=O) groups is 2. The summed E-state index contributed by atoms with van der Waals surface area (Å²) in [6.07, 6.45) is 0.312. The number of rotatable bonds is 5. The summed E-state index contributed by atoms with van der Waals surface area (Å²) in [4.78, 5) is 25.1. The van der Waals surface area contributed by atoms with Gasteiger partial charge in [-0.15, -0.1) is 0 Å². The number of carboxylic acids is 1. The van der Waals surface area contributed by atoms with Gasteiger partial charge in [-0.2, -0.15) is 0 Å². The van der Waals surface area contributed by atoms with E-state index in [0.29, 0.717) is 18.5 Å². The van der Waals surface area contributed by atoms with Crippen LogP contribution in [-0.2, 0) is 15.1 Å². The van der Waals surface area contributed by atoms with Crippen LogP contribution in [0.2, 0.25) is 0 Å². The van der Waals surface area contributed by atoms with Crippen LogP contribution in [0.4, 0.5) is 0 Å². The molecule has 4 nitrogen and oxygen atoms in total. The average molecular weight is 328 g/mol. The Hall–Kier alpha value is -1.36. The third-order valence-electron chi connectivity index (χ3n) is 3.32. The molecule has 0 aliphatic heterocycles. The fourth-order valence-electron chi connectivity index (χ4n) is 2.45. The van der Waals surface area contributed by atoms with Crippen molar-refractivity contribution >= 4 is 27.8 Å². The van der Waals surface area contributed by atoms with Gasteiger partial charge in [-0.3, -0.25) is 4.79 Å². The van der Waals surface area contributed by atoms with E-state index in [4.69, 9.17) is 0 Å². The van der Waals surface area contributed by atoms with Crippen molar-refractivity contribution in [1.29, 1.82) is 0 Å². The molecule has 0 saturated carbocycles.